The van der Waals surface area contributed by atoms with E-state index in [1.165, 1.54) is 0 Å². The minimum atomic E-state index is -3.35. The van der Waals surface area contributed by atoms with E-state index in [0.717, 1.165) is 54.2 Å². The third kappa shape index (κ3) is 3.02. The molecule has 0 aliphatic carbocycles. The smallest absolute Gasteiger partial charge is 0.246 e. The number of hydrogen-bond acceptors (Lipinski definition) is 6. The highest BCUT2D eigenvalue weighted by Gasteiger charge is 2.21. The Bertz CT molecular complexity index is 793. The van der Waals surface area contributed by atoms with Crippen molar-refractivity contribution >= 4 is 9.84 Å². The van der Waals surface area contributed by atoms with E-state index in [4.69, 9.17) is 0 Å². The molecule has 0 bridgehead atoms. The van der Waals surface area contributed by atoms with Gasteiger partial charge in [-0.3, -0.25) is 4.90 Å². The summed E-state index contributed by atoms with van der Waals surface area (Å²) in [5.74, 6) is 0.951. The van der Waals surface area contributed by atoms with Crippen LogP contribution in [0.4, 0.5) is 0 Å². The number of sulfone groups is 1. The van der Waals surface area contributed by atoms with E-state index < -0.39 is 9.84 Å². The molecule has 7 nitrogen and oxygen atoms in total. The molecule has 1 aliphatic rings. The summed E-state index contributed by atoms with van der Waals surface area (Å²) in [6, 6.07) is 0. The van der Waals surface area contributed by atoms with E-state index in [0.29, 0.717) is 6.54 Å². The number of nitrogens with zero attached hydrogens (tertiary/aromatic N) is 4. The number of aromatic amines is 1. The maximum absolute atomic E-state index is 11.5. The quantitative estimate of drug-likeness (QED) is 0.840. The van der Waals surface area contributed by atoms with Gasteiger partial charge < -0.3 is 4.98 Å². The molecule has 0 fully saturated rings. The van der Waals surface area contributed by atoms with Crippen LogP contribution in [0.3, 0.4) is 0 Å². The molecule has 118 valence electrons. The first-order chi connectivity index (χ1) is 10.3. The number of nitrogens with one attached hydrogen (secondary N) is 1. The van der Waals surface area contributed by atoms with E-state index >= 15 is 0 Å². The van der Waals surface area contributed by atoms with Gasteiger partial charge in [0.05, 0.1) is 17.9 Å². The Hall–Kier alpha value is -1.80. The van der Waals surface area contributed by atoms with Crippen LogP contribution < -0.4 is 0 Å². The van der Waals surface area contributed by atoms with Crippen molar-refractivity contribution < 1.29 is 8.42 Å². The van der Waals surface area contributed by atoms with Crippen molar-refractivity contribution in [2.75, 3.05) is 12.8 Å². The van der Waals surface area contributed by atoms with Gasteiger partial charge in [0.15, 0.2) is 0 Å². The monoisotopic (exact) mass is 321 g/mol. The third-order valence-corrected chi connectivity index (χ3v) is 4.73. The number of aromatic nitrogens is 4. The summed E-state index contributed by atoms with van der Waals surface area (Å²) in [5, 5.41) is -0.0861. The van der Waals surface area contributed by atoms with Gasteiger partial charge in [-0.25, -0.2) is 23.4 Å². The van der Waals surface area contributed by atoms with E-state index in [1.807, 2.05) is 13.8 Å². The van der Waals surface area contributed by atoms with Gasteiger partial charge in [0.1, 0.15) is 5.82 Å². The van der Waals surface area contributed by atoms with Crippen molar-refractivity contribution in [2.24, 2.45) is 0 Å². The normalized spacial score (nSPS) is 15.8. The average Bonchev–Trinajstić information content (AvgIpc) is 2.75. The van der Waals surface area contributed by atoms with Gasteiger partial charge in [-0.15, -0.1) is 0 Å². The molecule has 0 aromatic carbocycles. The molecule has 1 N–H and O–H groups in total. The first kappa shape index (κ1) is 15.1. The van der Waals surface area contributed by atoms with Crippen molar-refractivity contribution in [3.63, 3.8) is 0 Å². The summed E-state index contributed by atoms with van der Waals surface area (Å²) in [7, 11) is -3.35. The minimum Gasteiger partial charge on any atom is -0.345 e. The lowest BCUT2D eigenvalue weighted by Crippen LogP contribution is -2.31. The lowest BCUT2D eigenvalue weighted by atomic mass is 10.1. The fourth-order valence-corrected chi connectivity index (χ4v) is 3.10. The van der Waals surface area contributed by atoms with E-state index in [-0.39, 0.29) is 5.16 Å². The second-order valence-corrected chi connectivity index (χ2v) is 7.66. The van der Waals surface area contributed by atoms with Gasteiger partial charge >= 0.3 is 0 Å². The molecule has 0 spiro atoms. The van der Waals surface area contributed by atoms with Gasteiger partial charge in [-0.2, -0.15) is 0 Å². The maximum Gasteiger partial charge on any atom is 0.246 e. The molecule has 3 rings (SSSR count). The molecule has 2 aromatic heterocycles. The van der Waals surface area contributed by atoms with Crippen LogP contribution in [0.1, 0.15) is 28.5 Å². The fourth-order valence-electron chi connectivity index (χ4n) is 2.58. The van der Waals surface area contributed by atoms with Crippen LogP contribution in [0.15, 0.2) is 11.4 Å². The summed E-state index contributed by atoms with van der Waals surface area (Å²) < 4.78 is 23.0. The van der Waals surface area contributed by atoms with Crippen LogP contribution in [0.25, 0.3) is 0 Å². The predicted molar refractivity (Wildman–Crippen MR) is 81.0 cm³/mol. The Morgan fingerprint density at radius 1 is 1.32 bits per heavy atom. The molecule has 0 radical (unpaired) electrons. The maximum atomic E-state index is 11.5. The predicted octanol–water partition coefficient (Wildman–Crippen LogP) is 0.778. The van der Waals surface area contributed by atoms with Gasteiger partial charge in [0.25, 0.3) is 0 Å². The highest BCUT2D eigenvalue weighted by atomic mass is 32.2. The summed E-state index contributed by atoms with van der Waals surface area (Å²) in [5.41, 5.74) is 3.93. The van der Waals surface area contributed by atoms with Crippen LogP contribution in [-0.4, -0.2) is 46.1 Å². The first-order valence-corrected chi connectivity index (χ1v) is 9.01. The van der Waals surface area contributed by atoms with Crippen molar-refractivity contribution in [3.05, 3.63) is 34.7 Å². The molecule has 0 saturated heterocycles. The lowest BCUT2D eigenvalue weighted by molar-refractivity contribution is 0.236. The summed E-state index contributed by atoms with van der Waals surface area (Å²) >= 11 is 0. The van der Waals surface area contributed by atoms with E-state index in [9.17, 15) is 8.42 Å². The second-order valence-electron chi connectivity index (χ2n) is 5.75. The minimum absolute atomic E-state index is 0.0861. The highest BCUT2D eigenvalue weighted by Crippen LogP contribution is 2.19. The first-order valence-electron chi connectivity index (χ1n) is 7.12. The van der Waals surface area contributed by atoms with Gasteiger partial charge in [0, 0.05) is 43.2 Å². The second kappa shape index (κ2) is 5.44. The van der Waals surface area contributed by atoms with Crippen LogP contribution in [0, 0.1) is 13.8 Å². The van der Waals surface area contributed by atoms with Gasteiger partial charge in [0.2, 0.25) is 15.0 Å². The standard InChI is InChI=1S/C14H19N5O2S/c1-9-10(2)17-13(16-9)8-19-5-4-12-11(7-19)6-15-14(18-12)22(3,20)21/h6H,4-5,7-8H2,1-3H3,(H,16,17). The topological polar surface area (TPSA) is 91.8 Å². The van der Waals surface area contributed by atoms with Gasteiger partial charge in [-0.05, 0) is 13.8 Å². The van der Waals surface area contributed by atoms with Crippen molar-refractivity contribution in [3.8, 4) is 0 Å². The zero-order valence-corrected chi connectivity index (χ0v) is 13.7. The molecule has 22 heavy (non-hydrogen) atoms. The fraction of sp³-hybridized carbons (Fsp3) is 0.500. The molecule has 0 saturated carbocycles. The molecular formula is C14H19N5O2S. The van der Waals surface area contributed by atoms with E-state index in [1.54, 1.807) is 6.20 Å². The summed E-state index contributed by atoms with van der Waals surface area (Å²) in [6.45, 7) is 6.27. The van der Waals surface area contributed by atoms with Crippen molar-refractivity contribution in [2.45, 2.75) is 38.5 Å². The Kier molecular flexibility index (Phi) is 3.73. The van der Waals surface area contributed by atoms with Crippen molar-refractivity contribution in [1.82, 2.24) is 24.8 Å². The van der Waals surface area contributed by atoms with Crippen molar-refractivity contribution in [1.29, 1.82) is 0 Å². The number of aryl methyl sites for hydroxylation is 2. The van der Waals surface area contributed by atoms with Crippen LogP contribution >= 0.6 is 0 Å². The van der Waals surface area contributed by atoms with Crippen LogP contribution in [-0.2, 0) is 29.3 Å². The van der Waals surface area contributed by atoms with Crippen LogP contribution in [0.5, 0.6) is 0 Å². The Balaban J connectivity index is 1.77. The Labute approximate surface area is 129 Å². The van der Waals surface area contributed by atoms with Gasteiger partial charge in [-0.1, -0.05) is 0 Å². The largest absolute Gasteiger partial charge is 0.345 e. The Morgan fingerprint density at radius 3 is 2.73 bits per heavy atom. The molecule has 2 aromatic rings. The number of imidazole rings is 1. The zero-order chi connectivity index (χ0) is 15.9. The summed E-state index contributed by atoms with van der Waals surface area (Å²) in [6.07, 6.45) is 3.48. The molecule has 1 aliphatic heterocycles. The molecule has 0 unspecified atom stereocenters. The molecule has 3 heterocycles. The zero-order valence-electron chi connectivity index (χ0n) is 12.9. The molecule has 0 atom stereocenters. The number of hydrogen-bond donors (Lipinski definition) is 1. The third-order valence-electron chi connectivity index (χ3n) is 3.87. The van der Waals surface area contributed by atoms with Crippen LogP contribution in [0.2, 0.25) is 0 Å². The molecular weight excluding hydrogens is 302 g/mol. The van der Waals surface area contributed by atoms with E-state index in [2.05, 4.69) is 24.8 Å². The lowest BCUT2D eigenvalue weighted by Gasteiger charge is -2.27. The Morgan fingerprint density at radius 2 is 2.09 bits per heavy atom. The summed E-state index contributed by atoms with van der Waals surface area (Å²) in [4.78, 5) is 18.2. The molecule has 8 heteroatoms. The molecule has 0 amide bonds. The number of fused-ring (bicyclic) bond motifs is 1. The highest BCUT2D eigenvalue weighted by molar-refractivity contribution is 7.90. The number of H-pyrrole nitrogens is 1. The number of rotatable bonds is 3. The average molecular weight is 321 g/mol. The SMILES string of the molecule is Cc1nc(CN2CCc3nc(S(C)(=O)=O)ncc3C2)[nH]c1C.